The number of carbonyl (C=O) groups excluding carboxylic acids is 1. The number of carbonyl (C=O) groups is 1. The molecular formula is C21H22N2O3S. The van der Waals surface area contributed by atoms with Crippen molar-refractivity contribution in [2.45, 2.75) is 13.5 Å². The number of aliphatic imine (C=N–C) groups is 1. The lowest BCUT2D eigenvalue weighted by atomic mass is 10.2. The molecule has 27 heavy (non-hydrogen) atoms. The van der Waals surface area contributed by atoms with Gasteiger partial charge in [-0.2, -0.15) is 0 Å². The average molecular weight is 382 g/mol. The normalized spacial score (nSPS) is 13.4. The molecule has 0 aromatic heterocycles. The number of amidine groups is 1. The number of thioether (sulfide) groups is 1. The molecule has 0 unspecified atom stereocenters. The number of amides is 1. The summed E-state index contributed by atoms with van der Waals surface area (Å²) in [5.41, 5.74) is 1.95. The summed E-state index contributed by atoms with van der Waals surface area (Å²) in [5.74, 6) is 2.07. The second-order valence-electron chi connectivity index (χ2n) is 5.77. The van der Waals surface area contributed by atoms with Gasteiger partial charge in [-0.1, -0.05) is 48.2 Å². The lowest BCUT2D eigenvalue weighted by Crippen LogP contribution is -2.25. The Morgan fingerprint density at radius 1 is 1.19 bits per heavy atom. The Hall–Kier alpha value is -2.73. The summed E-state index contributed by atoms with van der Waals surface area (Å²) in [6.45, 7) is 3.69. The van der Waals surface area contributed by atoms with Crippen LogP contribution in [0.3, 0.4) is 0 Å². The highest BCUT2D eigenvalue weighted by molar-refractivity contribution is 8.14. The van der Waals surface area contributed by atoms with Gasteiger partial charge in [0.05, 0.1) is 13.2 Å². The van der Waals surface area contributed by atoms with Crippen molar-refractivity contribution >= 4 is 28.9 Å². The summed E-state index contributed by atoms with van der Waals surface area (Å²) < 4.78 is 11.6. The third kappa shape index (κ3) is 5.89. The van der Waals surface area contributed by atoms with E-state index >= 15 is 0 Å². The van der Waals surface area contributed by atoms with E-state index in [9.17, 15) is 4.79 Å². The molecule has 1 aliphatic rings. The molecule has 1 N–H and O–H groups in total. The van der Waals surface area contributed by atoms with Crippen LogP contribution in [0.25, 0.3) is 6.08 Å². The minimum absolute atomic E-state index is 0.189. The zero-order chi connectivity index (χ0) is 18.9. The topological polar surface area (TPSA) is 59.9 Å². The van der Waals surface area contributed by atoms with E-state index in [0.717, 1.165) is 23.4 Å². The van der Waals surface area contributed by atoms with Gasteiger partial charge in [0.15, 0.2) is 16.7 Å². The molecule has 140 valence electrons. The highest BCUT2D eigenvalue weighted by Gasteiger charge is 2.09. The first-order valence-electron chi connectivity index (χ1n) is 8.84. The monoisotopic (exact) mass is 382 g/mol. The summed E-state index contributed by atoms with van der Waals surface area (Å²) in [6.07, 6.45) is 3.25. The molecule has 1 heterocycles. The molecule has 2 aromatic rings. The van der Waals surface area contributed by atoms with Gasteiger partial charge < -0.3 is 14.8 Å². The summed E-state index contributed by atoms with van der Waals surface area (Å²) in [7, 11) is 0. The van der Waals surface area contributed by atoms with Gasteiger partial charge in [0.1, 0.15) is 6.61 Å². The minimum atomic E-state index is -0.189. The first kappa shape index (κ1) is 19.0. The van der Waals surface area contributed by atoms with Crippen molar-refractivity contribution in [3.63, 3.8) is 0 Å². The molecule has 0 atom stereocenters. The zero-order valence-corrected chi connectivity index (χ0v) is 16.0. The summed E-state index contributed by atoms with van der Waals surface area (Å²) >= 11 is 1.55. The quantitative estimate of drug-likeness (QED) is 0.738. The Morgan fingerprint density at radius 3 is 2.78 bits per heavy atom. The van der Waals surface area contributed by atoms with E-state index in [0.29, 0.717) is 29.9 Å². The molecule has 0 aliphatic carbocycles. The molecule has 3 rings (SSSR count). The third-order valence-corrected chi connectivity index (χ3v) is 4.64. The minimum Gasteiger partial charge on any atom is -0.490 e. The van der Waals surface area contributed by atoms with E-state index in [-0.39, 0.29) is 5.91 Å². The largest absolute Gasteiger partial charge is 0.490 e. The number of nitrogens with zero attached hydrogens (tertiary/aromatic N) is 1. The molecular weight excluding hydrogens is 360 g/mol. The molecule has 2 aromatic carbocycles. The maximum atomic E-state index is 12.0. The molecule has 1 amide bonds. The molecule has 6 heteroatoms. The fraction of sp³-hybridized carbons (Fsp3) is 0.238. The van der Waals surface area contributed by atoms with Crippen LogP contribution in [-0.4, -0.2) is 30.0 Å². The lowest BCUT2D eigenvalue weighted by Gasteiger charge is -2.12. The molecule has 0 fully saturated rings. The Balaban J connectivity index is 1.65. The second-order valence-corrected chi connectivity index (χ2v) is 6.85. The maximum absolute atomic E-state index is 12.0. The van der Waals surface area contributed by atoms with Gasteiger partial charge in [-0.3, -0.25) is 9.79 Å². The fourth-order valence-corrected chi connectivity index (χ4v) is 3.21. The van der Waals surface area contributed by atoms with E-state index in [1.807, 2.05) is 55.5 Å². The predicted octanol–water partition coefficient (Wildman–Crippen LogP) is 3.90. The van der Waals surface area contributed by atoms with Crippen molar-refractivity contribution in [2.75, 3.05) is 18.9 Å². The smallest absolute Gasteiger partial charge is 0.249 e. The van der Waals surface area contributed by atoms with Gasteiger partial charge >= 0.3 is 0 Å². The highest BCUT2D eigenvalue weighted by atomic mass is 32.2. The Kier molecular flexibility index (Phi) is 6.93. The average Bonchev–Trinajstić information content (AvgIpc) is 3.19. The van der Waals surface area contributed by atoms with Crippen LogP contribution in [0.5, 0.6) is 11.5 Å². The van der Waals surface area contributed by atoms with Gasteiger partial charge in [-0.25, -0.2) is 0 Å². The molecule has 0 saturated carbocycles. The number of rotatable bonds is 7. The molecule has 0 spiro atoms. The number of ether oxygens (including phenoxy) is 2. The van der Waals surface area contributed by atoms with E-state index < -0.39 is 0 Å². The van der Waals surface area contributed by atoms with E-state index in [1.165, 1.54) is 6.08 Å². The number of benzene rings is 2. The van der Waals surface area contributed by atoms with Crippen LogP contribution in [0, 0.1) is 0 Å². The van der Waals surface area contributed by atoms with Gasteiger partial charge in [-0.15, -0.1) is 0 Å². The molecule has 0 radical (unpaired) electrons. The van der Waals surface area contributed by atoms with Crippen molar-refractivity contribution in [3.8, 4) is 11.5 Å². The fourth-order valence-electron chi connectivity index (χ4n) is 2.48. The molecule has 5 nitrogen and oxygen atoms in total. The van der Waals surface area contributed by atoms with Crippen LogP contribution < -0.4 is 14.8 Å². The molecule has 0 bridgehead atoms. The van der Waals surface area contributed by atoms with Crippen LogP contribution in [0.2, 0.25) is 0 Å². The highest BCUT2D eigenvalue weighted by Crippen LogP contribution is 2.29. The summed E-state index contributed by atoms with van der Waals surface area (Å²) in [5, 5.41) is 3.45. The number of hydrogen-bond acceptors (Lipinski definition) is 5. The summed E-state index contributed by atoms with van der Waals surface area (Å²) in [4.78, 5) is 16.2. The first-order valence-corrected chi connectivity index (χ1v) is 9.83. The first-order chi connectivity index (χ1) is 13.2. The molecule has 0 saturated heterocycles. The van der Waals surface area contributed by atoms with Crippen molar-refractivity contribution < 1.29 is 14.3 Å². The van der Waals surface area contributed by atoms with Crippen LogP contribution >= 0.6 is 11.8 Å². The van der Waals surface area contributed by atoms with Gasteiger partial charge in [0, 0.05) is 11.8 Å². The second kappa shape index (κ2) is 9.83. The Labute approximate surface area is 163 Å². The van der Waals surface area contributed by atoms with Crippen LogP contribution in [0.4, 0.5) is 0 Å². The van der Waals surface area contributed by atoms with Gasteiger partial charge in [0.2, 0.25) is 5.91 Å². The van der Waals surface area contributed by atoms with Crippen molar-refractivity contribution in [1.29, 1.82) is 0 Å². The van der Waals surface area contributed by atoms with Crippen LogP contribution in [0.1, 0.15) is 18.1 Å². The van der Waals surface area contributed by atoms with Gasteiger partial charge in [0.25, 0.3) is 0 Å². The lowest BCUT2D eigenvalue weighted by molar-refractivity contribution is -0.115. The standard InChI is InChI=1S/C21H22N2O3S/c1-2-25-19-14-16(9-11-20(24)23-21-22-12-13-27-21)8-10-18(19)26-15-17-6-4-3-5-7-17/h3-11,14H,2,12-13,15H2,1H3,(H,22,23,24)/b11-9+. The predicted molar refractivity (Wildman–Crippen MR) is 110 cm³/mol. The maximum Gasteiger partial charge on any atom is 0.249 e. The van der Waals surface area contributed by atoms with E-state index in [2.05, 4.69) is 10.3 Å². The van der Waals surface area contributed by atoms with E-state index in [4.69, 9.17) is 9.47 Å². The van der Waals surface area contributed by atoms with E-state index in [1.54, 1.807) is 17.8 Å². The van der Waals surface area contributed by atoms with Crippen molar-refractivity contribution in [1.82, 2.24) is 5.32 Å². The van der Waals surface area contributed by atoms with Gasteiger partial charge in [-0.05, 0) is 36.3 Å². The Morgan fingerprint density at radius 2 is 2.04 bits per heavy atom. The number of hydrogen-bond donors (Lipinski definition) is 1. The van der Waals surface area contributed by atoms with Crippen molar-refractivity contribution in [2.24, 2.45) is 4.99 Å². The van der Waals surface area contributed by atoms with Crippen LogP contribution in [0.15, 0.2) is 59.6 Å². The zero-order valence-electron chi connectivity index (χ0n) is 15.2. The SMILES string of the molecule is CCOc1cc(/C=C/C(=O)NC2=NCCS2)ccc1OCc1ccccc1. The molecule has 1 aliphatic heterocycles. The van der Waals surface area contributed by atoms with Crippen molar-refractivity contribution in [3.05, 3.63) is 65.7 Å². The van der Waals surface area contributed by atoms with Crippen LogP contribution in [-0.2, 0) is 11.4 Å². The number of nitrogens with one attached hydrogen (secondary N) is 1. The Bertz CT molecular complexity index is 835. The third-order valence-electron chi connectivity index (χ3n) is 3.75. The summed E-state index contributed by atoms with van der Waals surface area (Å²) in [6, 6.07) is 15.6.